The zero-order valence-corrected chi connectivity index (χ0v) is 24.2. The number of esters is 1. The summed E-state index contributed by atoms with van der Waals surface area (Å²) in [5.74, 6) is 2.25. The van der Waals surface area contributed by atoms with Gasteiger partial charge in [-0.05, 0) is 122 Å². The first-order chi connectivity index (χ1) is 18.5. The van der Waals surface area contributed by atoms with Gasteiger partial charge in [0.1, 0.15) is 5.60 Å². The number of ether oxygens (including phenoxy) is 2. The van der Waals surface area contributed by atoms with Gasteiger partial charge < -0.3 is 9.47 Å². The van der Waals surface area contributed by atoms with Crippen molar-refractivity contribution in [3.8, 4) is 6.26 Å². The SMILES string of the molecule is COC(=O)c1ccc(C2=CC(=O)[C@@]3(C)C(CC[C@@]4(C)C5CC[C@@]6(OC#N)CCC[C@@H]6[C@H]5CCC43)C2(C)C)cc1. The summed E-state index contributed by atoms with van der Waals surface area (Å²) in [6.45, 7) is 9.44. The standard InChI is InChI=1S/C34H43NO4/c1-31(2)26(21-8-10-22(11-9-21)30(37)38-5)19-29(36)33(4)27(31)15-17-32(3)24-14-18-34(39-20-35)16-6-7-25(34)23(24)12-13-28(32)33/h8-11,19,23-25,27-28H,6-7,12-18H2,1-5H3/t23-,24?,25+,27?,28?,32-,33-,34-/m0/s1. The Bertz CT molecular complexity index is 1260. The van der Waals surface area contributed by atoms with Crippen molar-refractivity contribution in [3.05, 3.63) is 41.5 Å². The van der Waals surface area contributed by atoms with Gasteiger partial charge in [0.05, 0.1) is 12.7 Å². The molecule has 0 bridgehead atoms. The predicted molar refractivity (Wildman–Crippen MR) is 149 cm³/mol. The third-order valence-corrected chi connectivity index (χ3v) is 12.8. The molecule has 6 rings (SSSR count). The summed E-state index contributed by atoms with van der Waals surface area (Å²) in [5.41, 5.74) is 1.98. The molecule has 5 heteroatoms. The first kappa shape index (κ1) is 26.6. The predicted octanol–water partition coefficient (Wildman–Crippen LogP) is 7.36. The second kappa shape index (κ2) is 8.95. The molecule has 4 fully saturated rings. The van der Waals surface area contributed by atoms with Crippen molar-refractivity contribution in [2.45, 2.75) is 91.1 Å². The van der Waals surface area contributed by atoms with Gasteiger partial charge in [-0.15, -0.1) is 0 Å². The Balaban J connectivity index is 1.34. The minimum absolute atomic E-state index is 0.134. The van der Waals surface area contributed by atoms with Crippen LogP contribution in [0.4, 0.5) is 0 Å². The Morgan fingerprint density at radius 1 is 0.923 bits per heavy atom. The highest BCUT2D eigenvalue weighted by atomic mass is 16.5. The van der Waals surface area contributed by atoms with Crippen LogP contribution in [0.1, 0.15) is 101 Å². The minimum atomic E-state index is -0.385. The molecule has 4 saturated carbocycles. The molecule has 0 aliphatic heterocycles. The molecule has 8 atom stereocenters. The van der Waals surface area contributed by atoms with E-state index in [9.17, 15) is 14.9 Å². The van der Waals surface area contributed by atoms with Gasteiger partial charge in [-0.1, -0.05) is 39.8 Å². The van der Waals surface area contributed by atoms with Gasteiger partial charge >= 0.3 is 5.97 Å². The Morgan fingerprint density at radius 3 is 2.36 bits per heavy atom. The van der Waals surface area contributed by atoms with Crippen molar-refractivity contribution < 1.29 is 19.1 Å². The number of fused-ring (bicyclic) bond motifs is 7. The van der Waals surface area contributed by atoms with Crippen LogP contribution < -0.4 is 0 Å². The summed E-state index contributed by atoms with van der Waals surface area (Å²) in [4.78, 5) is 26.3. The van der Waals surface area contributed by atoms with Crippen LogP contribution in [0.3, 0.4) is 0 Å². The highest BCUT2D eigenvalue weighted by Crippen LogP contribution is 2.72. The molecule has 39 heavy (non-hydrogen) atoms. The summed E-state index contributed by atoms with van der Waals surface area (Å²) >= 11 is 0. The fourth-order valence-corrected chi connectivity index (χ4v) is 11.1. The molecule has 0 saturated heterocycles. The number of benzene rings is 1. The normalized spacial score (nSPS) is 42.1. The fourth-order valence-electron chi connectivity index (χ4n) is 11.1. The number of hydrogen-bond donors (Lipinski definition) is 0. The number of ketones is 1. The lowest BCUT2D eigenvalue weighted by Crippen LogP contribution is -2.64. The van der Waals surface area contributed by atoms with E-state index in [1.807, 2.05) is 18.2 Å². The number of nitriles is 1. The topological polar surface area (TPSA) is 76.4 Å². The second-order valence-electron chi connectivity index (χ2n) is 14.3. The van der Waals surface area contributed by atoms with Crippen LogP contribution in [0, 0.1) is 57.4 Å². The molecule has 0 amide bonds. The lowest BCUT2D eigenvalue weighted by atomic mass is 9.36. The number of allylic oxidation sites excluding steroid dienone is 2. The van der Waals surface area contributed by atoms with Gasteiger partial charge in [-0.3, -0.25) is 4.79 Å². The molecule has 5 aliphatic carbocycles. The summed E-state index contributed by atoms with van der Waals surface area (Å²) in [5, 5.41) is 9.45. The largest absolute Gasteiger partial charge is 0.465 e. The summed E-state index contributed by atoms with van der Waals surface area (Å²) in [6, 6.07) is 7.54. The van der Waals surface area contributed by atoms with E-state index in [1.54, 1.807) is 12.1 Å². The van der Waals surface area contributed by atoms with Gasteiger partial charge in [-0.2, -0.15) is 5.26 Å². The quantitative estimate of drug-likeness (QED) is 0.302. The van der Waals surface area contributed by atoms with Crippen LogP contribution >= 0.6 is 0 Å². The van der Waals surface area contributed by atoms with Crippen LogP contribution in [0.15, 0.2) is 30.3 Å². The molecule has 3 unspecified atom stereocenters. The van der Waals surface area contributed by atoms with Gasteiger partial charge in [-0.25, -0.2) is 4.79 Å². The average Bonchev–Trinajstić information content (AvgIpc) is 3.34. The lowest BCUT2D eigenvalue weighted by Gasteiger charge is -2.67. The smallest absolute Gasteiger partial charge is 0.337 e. The Hall–Kier alpha value is -2.61. The number of hydrogen-bond acceptors (Lipinski definition) is 5. The maximum Gasteiger partial charge on any atom is 0.337 e. The van der Waals surface area contributed by atoms with Crippen LogP contribution in [-0.4, -0.2) is 24.5 Å². The number of nitrogens with zero attached hydrogens (tertiary/aromatic N) is 1. The van der Waals surface area contributed by atoms with Gasteiger partial charge in [0.15, 0.2) is 5.78 Å². The lowest BCUT2D eigenvalue weighted by molar-refractivity contribution is -0.191. The van der Waals surface area contributed by atoms with E-state index in [0.717, 1.165) is 62.5 Å². The summed E-state index contributed by atoms with van der Waals surface area (Å²) in [6.07, 6.45) is 13.9. The fraction of sp³-hybridized carbons (Fsp3) is 0.676. The van der Waals surface area contributed by atoms with Crippen LogP contribution in [0.5, 0.6) is 0 Å². The molecule has 208 valence electrons. The van der Waals surface area contributed by atoms with Crippen LogP contribution in [-0.2, 0) is 14.3 Å². The molecule has 0 N–H and O–H groups in total. The molecule has 5 nitrogen and oxygen atoms in total. The average molecular weight is 530 g/mol. The van der Waals surface area contributed by atoms with Crippen molar-refractivity contribution >= 4 is 17.3 Å². The van der Waals surface area contributed by atoms with Crippen LogP contribution in [0.2, 0.25) is 0 Å². The zero-order chi connectivity index (χ0) is 27.8. The van der Waals surface area contributed by atoms with Gasteiger partial charge in [0.2, 0.25) is 0 Å². The van der Waals surface area contributed by atoms with Crippen LogP contribution in [0.25, 0.3) is 5.57 Å². The molecular formula is C34H43NO4. The number of rotatable bonds is 3. The van der Waals surface area contributed by atoms with E-state index < -0.39 is 0 Å². The molecule has 5 aliphatic rings. The molecule has 0 spiro atoms. The van der Waals surface area contributed by atoms with Crippen molar-refractivity contribution in [3.63, 3.8) is 0 Å². The van der Waals surface area contributed by atoms with E-state index in [2.05, 4.69) is 34.0 Å². The first-order valence-corrected chi connectivity index (χ1v) is 15.1. The molecular weight excluding hydrogens is 486 g/mol. The molecule has 0 aromatic heterocycles. The number of carbonyl (C=O) groups is 2. The van der Waals surface area contributed by atoms with E-state index >= 15 is 0 Å². The Kier molecular flexibility index (Phi) is 6.10. The number of methoxy groups -OCH3 is 1. The third kappa shape index (κ3) is 3.55. The summed E-state index contributed by atoms with van der Waals surface area (Å²) < 4.78 is 10.7. The molecule has 1 aromatic rings. The maximum atomic E-state index is 14.3. The van der Waals surface area contributed by atoms with Crippen molar-refractivity contribution in [2.24, 2.45) is 45.8 Å². The third-order valence-electron chi connectivity index (χ3n) is 12.8. The number of carbonyl (C=O) groups excluding carboxylic acids is 2. The maximum absolute atomic E-state index is 14.3. The first-order valence-electron chi connectivity index (χ1n) is 15.1. The highest BCUT2D eigenvalue weighted by molar-refractivity contribution is 6.04. The second-order valence-corrected chi connectivity index (χ2v) is 14.3. The highest BCUT2D eigenvalue weighted by Gasteiger charge is 2.68. The van der Waals surface area contributed by atoms with Crippen molar-refractivity contribution in [2.75, 3.05) is 7.11 Å². The minimum Gasteiger partial charge on any atom is -0.465 e. The molecule has 0 radical (unpaired) electrons. The van der Waals surface area contributed by atoms with Gasteiger partial charge in [0, 0.05) is 11.3 Å². The zero-order valence-electron chi connectivity index (χ0n) is 24.2. The molecule has 0 heterocycles. The van der Waals surface area contributed by atoms with Gasteiger partial charge in [0.25, 0.3) is 6.26 Å². The van der Waals surface area contributed by atoms with Crippen molar-refractivity contribution in [1.82, 2.24) is 0 Å². The van der Waals surface area contributed by atoms with E-state index in [4.69, 9.17) is 9.47 Å². The van der Waals surface area contributed by atoms with Crippen molar-refractivity contribution in [1.29, 1.82) is 5.26 Å². The van der Waals surface area contributed by atoms with E-state index in [0.29, 0.717) is 29.2 Å². The molecule has 1 aromatic carbocycles. The van der Waals surface area contributed by atoms with E-state index in [1.165, 1.54) is 13.5 Å². The Labute approximate surface area is 233 Å². The Morgan fingerprint density at radius 2 is 1.67 bits per heavy atom. The monoisotopic (exact) mass is 529 g/mol. The summed E-state index contributed by atoms with van der Waals surface area (Å²) in [7, 11) is 1.39. The van der Waals surface area contributed by atoms with E-state index in [-0.39, 0.29) is 39.5 Å².